The second-order valence-corrected chi connectivity index (χ2v) is 7.70. The van der Waals surface area contributed by atoms with Gasteiger partial charge in [-0.1, -0.05) is 53.6 Å². The normalized spacial score (nSPS) is 11.3. The molecular weight excluding hydrogens is 416 g/mol. The third-order valence-corrected chi connectivity index (χ3v) is 5.74. The molecule has 7 heteroatoms. The predicted molar refractivity (Wildman–Crippen MR) is 126 cm³/mol. The van der Waals surface area contributed by atoms with E-state index in [9.17, 15) is 4.79 Å². The molecule has 33 heavy (non-hydrogen) atoms. The number of carbonyl (C=O) groups excluding carboxylic acids is 1. The molecule has 3 heterocycles. The van der Waals surface area contributed by atoms with Crippen LogP contribution in [0.2, 0.25) is 0 Å². The molecule has 0 spiro atoms. The van der Waals surface area contributed by atoms with Gasteiger partial charge in [0.25, 0.3) is 11.8 Å². The molecule has 7 nitrogen and oxygen atoms in total. The Labute approximate surface area is 188 Å². The van der Waals surface area contributed by atoms with Crippen LogP contribution in [0.1, 0.15) is 10.4 Å². The van der Waals surface area contributed by atoms with E-state index in [-0.39, 0.29) is 17.8 Å². The van der Waals surface area contributed by atoms with Gasteiger partial charge in [-0.3, -0.25) is 10.1 Å². The molecule has 0 aliphatic heterocycles. The van der Waals surface area contributed by atoms with Crippen LogP contribution in [0.25, 0.3) is 44.6 Å². The van der Waals surface area contributed by atoms with Crippen molar-refractivity contribution in [2.45, 2.75) is 0 Å². The van der Waals surface area contributed by atoms with Crippen LogP contribution in [0, 0.1) is 0 Å². The van der Waals surface area contributed by atoms with E-state index >= 15 is 0 Å². The summed E-state index contributed by atoms with van der Waals surface area (Å²) in [6.45, 7) is 0. The molecule has 3 aromatic carbocycles. The molecule has 3 aromatic heterocycles. The summed E-state index contributed by atoms with van der Waals surface area (Å²) >= 11 is 0. The first-order valence-corrected chi connectivity index (χ1v) is 10.4. The second kappa shape index (κ2) is 7.49. The number of hydrogen-bond donors (Lipinski definition) is 1. The van der Waals surface area contributed by atoms with E-state index < -0.39 is 0 Å². The van der Waals surface area contributed by atoms with Gasteiger partial charge < -0.3 is 13.4 Å². The molecule has 1 amide bonds. The average molecular weight is 434 g/mol. The lowest BCUT2D eigenvalue weighted by molar-refractivity contribution is 0.102. The summed E-state index contributed by atoms with van der Waals surface area (Å²) in [4.78, 5) is 12.9. The predicted octanol–water partition coefficient (Wildman–Crippen LogP) is 5.89. The number of anilines is 1. The number of amides is 1. The summed E-state index contributed by atoms with van der Waals surface area (Å²) in [5.74, 6) is 0.301. The van der Waals surface area contributed by atoms with Crippen LogP contribution < -0.4 is 5.32 Å². The molecule has 0 radical (unpaired) electrons. The van der Waals surface area contributed by atoms with Gasteiger partial charge in [0.1, 0.15) is 0 Å². The number of aryl methyl sites for hydroxylation is 1. The van der Waals surface area contributed by atoms with Gasteiger partial charge in [-0.05, 0) is 35.9 Å². The number of benzene rings is 3. The smallest absolute Gasteiger partial charge is 0.322 e. The Morgan fingerprint density at radius 2 is 1.76 bits per heavy atom. The Bertz CT molecular complexity index is 1630. The average Bonchev–Trinajstić information content (AvgIpc) is 3.60. The van der Waals surface area contributed by atoms with Gasteiger partial charge in [0, 0.05) is 34.5 Å². The van der Waals surface area contributed by atoms with E-state index in [2.05, 4.69) is 51.4 Å². The van der Waals surface area contributed by atoms with E-state index in [0.717, 1.165) is 22.2 Å². The number of nitrogens with zero attached hydrogens (tertiary/aromatic N) is 3. The summed E-state index contributed by atoms with van der Waals surface area (Å²) in [7, 11) is 2.07. The summed E-state index contributed by atoms with van der Waals surface area (Å²) in [5, 5.41) is 12.8. The quantitative estimate of drug-likeness (QED) is 0.374. The molecule has 0 bridgehead atoms. The van der Waals surface area contributed by atoms with Crippen LogP contribution in [0.5, 0.6) is 0 Å². The number of rotatable bonds is 4. The van der Waals surface area contributed by atoms with Gasteiger partial charge >= 0.3 is 6.01 Å². The fourth-order valence-electron chi connectivity index (χ4n) is 4.24. The van der Waals surface area contributed by atoms with Crippen molar-refractivity contribution in [3.05, 3.63) is 90.7 Å². The first kappa shape index (κ1) is 19.1. The van der Waals surface area contributed by atoms with E-state index in [1.54, 1.807) is 18.2 Å². The number of nitrogens with one attached hydrogen (secondary N) is 1. The summed E-state index contributed by atoms with van der Waals surface area (Å²) in [6.07, 6.45) is 1.51. The maximum atomic E-state index is 12.9. The van der Waals surface area contributed by atoms with Crippen molar-refractivity contribution in [1.82, 2.24) is 14.8 Å². The molecule has 1 N–H and O–H groups in total. The Kier molecular flexibility index (Phi) is 4.33. The van der Waals surface area contributed by atoms with Crippen molar-refractivity contribution in [1.29, 1.82) is 0 Å². The fourth-order valence-corrected chi connectivity index (χ4v) is 4.24. The minimum Gasteiger partial charge on any atom is -0.459 e. The Balaban J connectivity index is 1.36. The maximum Gasteiger partial charge on any atom is 0.322 e. The molecule has 0 aliphatic rings. The van der Waals surface area contributed by atoms with Crippen LogP contribution >= 0.6 is 0 Å². The molecule has 0 saturated carbocycles. The van der Waals surface area contributed by atoms with Crippen LogP contribution in [-0.4, -0.2) is 20.7 Å². The number of furan rings is 1. The molecule has 6 aromatic rings. The SMILES string of the molecule is Cn1c2ccccc2c2cccc(-c3cccc(C(=O)Nc4nnc(-c5ccco5)o4)c3)c21. The highest BCUT2D eigenvalue weighted by molar-refractivity contribution is 6.13. The summed E-state index contributed by atoms with van der Waals surface area (Å²) in [5.41, 5.74) is 4.77. The molecule has 6 rings (SSSR count). The van der Waals surface area contributed by atoms with Crippen molar-refractivity contribution in [2.75, 3.05) is 5.32 Å². The van der Waals surface area contributed by atoms with Crippen molar-refractivity contribution in [2.24, 2.45) is 7.05 Å². The lowest BCUT2D eigenvalue weighted by Gasteiger charge is -2.09. The topological polar surface area (TPSA) is 86.1 Å². The standard InChI is InChI=1S/C26H18N4O3/c1-30-21-12-3-2-9-19(21)20-11-5-10-18(23(20)30)16-7-4-8-17(15-16)24(31)27-26-29-28-25(33-26)22-13-6-14-32-22/h2-15H,1H3,(H,27,29,31). The molecule has 0 unspecified atom stereocenters. The van der Waals surface area contributed by atoms with Gasteiger partial charge in [-0.25, -0.2) is 0 Å². The molecule has 160 valence electrons. The number of para-hydroxylation sites is 2. The summed E-state index contributed by atoms with van der Waals surface area (Å²) < 4.78 is 12.9. The Hall–Kier alpha value is -4.65. The number of fused-ring (bicyclic) bond motifs is 3. The van der Waals surface area contributed by atoms with Crippen LogP contribution in [0.3, 0.4) is 0 Å². The van der Waals surface area contributed by atoms with E-state index in [1.807, 2.05) is 36.4 Å². The minimum absolute atomic E-state index is 0.00703. The third kappa shape index (κ3) is 3.18. The van der Waals surface area contributed by atoms with E-state index in [0.29, 0.717) is 11.3 Å². The second-order valence-electron chi connectivity index (χ2n) is 7.70. The third-order valence-electron chi connectivity index (χ3n) is 5.74. The van der Waals surface area contributed by atoms with Crippen LogP contribution in [-0.2, 0) is 7.05 Å². The van der Waals surface area contributed by atoms with Crippen LogP contribution in [0.15, 0.2) is 94.0 Å². The largest absolute Gasteiger partial charge is 0.459 e. The van der Waals surface area contributed by atoms with Crippen molar-refractivity contribution in [3.8, 4) is 22.8 Å². The Morgan fingerprint density at radius 3 is 2.64 bits per heavy atom. The number of aromatic nitrogens is 3. The van der Waals surface area contributed by atoms with Crippen molar-refractivity contribution < 1.29 is 13.6 Å². The molecule has 0 aliphatic carbocycles. The van der Waals surface area contributed by atoms with Crippen LogP contribution in [0.4, 0.5) is 6.01 Å². The minimum atomic E-state index is -0.337. The first-order chi connectivity index (χ1) is 16.2. The molecule has 0 atom stereocenters. The lowest BCUT2D eigenvalue weighted by Crippen LogP contribution is -2.12. The van der Waals surface area contributed by atoms with Gasteiger partial charge in [-0.2, -0.15) is 0 Å². The first-order valence-electron chi connectivity index (χ1n) is 10.4. The van der Waals surface area contributed by atoms with E-state index in [1.165, 1.54) is 17.0 Å². The molecular formula is C26H18N4O3. The van der Waals surface area contributed by atoms with E-state index in [4.69, 9.17) is 8.83 Å². The van der Waals surface area contributed by atoms with Crippen molar-refractivity contribution in [3.63, 3.8) is 0 Å². The number of carbonyl (C=O) groups is 1. The maximum absolute atomic E-state index is 12.9. The zero-order valence-electron chi connectivity index (χ0n) is 17.6. The molecule has 0 saturated heterocycles. The monoisotopic (exact) mass is 434 g/mol. The highest BCUT2D eigenvalue weighted by atomic mass is 16.4. The zero-order chi connectivity index (χ0) is 22.4. The van der Waals surface area contributed by atoms with Crippen molar-refractivity contribution >= 4 is 33.7 Å². The fraction of sp³-hybridized carbons (Fsp3) is 0.0385. The number of hydrogen-bond acceptors (Lipinski definition) is 5. The zero-order valence-corrected chi connectivity index (χ0v) is 17.6. The van der Waals surface area contributed by atoms with Gasteiger partial charge in [-0.15, -0.1) is 5.10 Å². The van der Waals surface area contributed by atoms with Gasteiger partial charge in [0.15, 0.2) is 5.76 Å². The molecule has 0 fully saturated rings. The highest BCUT2D eigenvalue weighted by Crippen LogP contribution is 2.35. The highest BCUT2D eigenvalue weighted by Gasteiger charge is 2.16. The van der Waals surface area contributed by atoms with Gasteiger partial charge in [0.05, 0.1) is 11.8 Å². The lowest BCUT2D eigenvalue weighted by atomic mass is 10.00. The van der Waals surface area contributed by atoms with Gasteiger partial charge in [0.2, 0.25) is 0 Å². The Morgan fingerprint density at radius 1 is 0.909 bits per heavy atom. The summed E-state index contributed by atoms with van der Waals surface area (Å²) in [6, 6.07) is 25.5.